The maximum atomic E-state index is 11.5. The van der Waals surface area contributed by atoms with Crippen molar-refractivity contribution in [3.8, 4) is 5.69 Å². The normalized spacial score (nSPS) is 10.5. The van der Waals surface area contributed by atoms with E-state index in [1.165, 1.54) is 0 Å². The monoisotopic (exact) mass is 276 g/mol. The molecular formula is C14H11ClNO3-. The number of nitrogens with zero attached hydrogens (tertiary/aromatic N) is 1. The molecule has 0 aliphatic rings. The average Bonchev–Trinajstić information content (AvgIpc) is 2.65. The van der Waals surface area contributed by atoms with Crippen LogP contribution >= 0.6 is 11.6 Å². The molecule has 1 aromatic carbocycles. The van der Waals surface area contributed by atoms with Gasteiger partial charge in [0, 0.05) is 27.7 Å². The summed E-state index contributed by atoms with van der Waals surface area (Å²) in [5, 5.41) is 11.3. The van der Waals surface area contributed by atoms with Crippen LogP contribution in [0.2, 0.25) is 5.02 Å². The zero-order chi connectivity index (χ0) is 14.2. The van der Waals surface area contributed by atoms with Crippen molar-refractivity contribution in [1.82, 2.24) is 4.57 Å². The van der Waals surface area contributed by atoms with Gasteiger partial charge in [-0.05, 0) is 44.2 Å². The van der Waals surface area contributed by atoms with Crippen LogP contribution in [-0.4, -0.2) is 16.3 Å². The minimum Gasteiger partial charge on any atom is -0.541 e. The molecule has 2 aromatic rings. The maximum Gasteiger partial charge on any atom is 0.210 e. The SMILES string of the molecule is Cc1cc(C(=O)C(=O)[O-])c(C)n1-c1ccc(Cl)cc1. The van der Waals surface area contributed by atoms with Gasteiger partial charge in [0.15, 0.2) is 0 Å². The van der Waals surface area contributed by atoms with Gasteiger partial charge in [0.1, 0.15) is 5.97 Å². The lowest BCUT2D eigenvalue weighted by molar-refractivity contribution is -0.296. The fourth-order valence-corrected chi connectivity index (χ4v) is 2.22. The highest BCUT2D eigenvalue weighted by atomic mass is 35.5. The van der Waals surface area contributed by atoms with E-state index in [0.29, 0.717) is 10.7 Å². The van der Waals surface area contributed by atoms with E-state index in [1.807, 2.05) is 0 Å². The van der Waals surface area contributed by atoms with E-state index in [9.17, 15) is 14.7 Å². The number of carbonyl (C=O) groups is 2. The number of rotatable bonds is 3. The second-order valence-electron chi connectivity index (χ2n) is 4.21. The highest BCUT2D eigenvalue weighted by molar-refractivity contribution is 6.39. The molecular weight excluding hydrogens is 266 g/mol. The van der Waals surface area contributed by atoms with E-state index in [2.05, 4.69) is 0 Å². The molecule has 0 spiro atoms. The Bertz CT molecular complexity index is 656. The van der Waals surface area contributed by atoms with Crippen molar-refractivity contribution in [2.45, 2.75) is 13.8 Å². The van der Waals surface area contributed by atoms with Crippen LogP contribution < -0.4 is 5.11 Å². The summed E-state index contributed by atoms with van der Waals surface area (Å²) in [6.45, 7) is 3.49. The van der Waals surface area contributed by atoms with E-state index < -0.39 is 11.8 Å². The molecule has 4 nitrogen and oxygen atoms in total. The highest BCUT2D eigenvalue weighted by Gasteiger charge is 2.17. The van der Waals surface area contributed by atoms with E-state index in [1.54, 1.807) is 48.7 Å². The Labute approximate surface area is 115 Å². The van der Waals surface area contributed by atoms with E-state index in [-0.39, 0.29) is 5.56 Å². The van der Waals surface area contributed by atoms with Crippen LogP contribution in [0.25, 0.3) is 5.69 Å². The Morgan fingerprint density at radius 2 is 1.74 bits per heavy atom. The minimum atomic E-state index is -1.70. The third-order valence-electron chi connectivity index (χ3n) is 2.95. The third kappa shape index (κ3) is 2.39. The smallest absolute Gasteiger partial charge is 0.210 e. The van der Waals surface area contributed by atoms with Gasteiger partial charge in [-0.15, -0.1) is 0 Å². The molecule has 0 atom stereocenters. The maximum absolute atomic E-state index is 11.5. The molecule has 0 aliphatic heterocycles. The van der Waals surface area contributed by atoms with Gasteiger partial charge in [-0.25, -0.2) is 0 Å². The van der Waals surface area contributed by atoms with Crippen LogP contribution in [0.5, 0.6) is 0 Å². The minimum absolute atomic E-state index is 0.146. The number of halogens is 1. The van der Waals surface area contributed by atoms with Gasteiger partial charge in [0.2, 0.25) is 5.78 Å². The number of benzene rings is 1. The first-order chi connectivity index (χ1) is 8.91. The van der Waals surface area contributed by atoms with Gasteiger partial charge in [0.05, 0.1) is 0 Å². The quantitative estimate of drug-likeness (QED) is 0.633. The molecule has 0 saturated carbocycles. The number of aryl methyl sites for hydroxylation is 1. The van der Waals surface area contributed by atoms with Crippen molar-refractivity contribution in [1.29, 1.82) is 0 Å². The van der Waals surface area contributed by atoms with Gasteiger partial charge in [-0.3, -0.25) is 4.79 Å². The molecule has 0 N–H and O–H groups in total. The third-order valence-corrected chi connectivity index (χ3v) is 3.20. The van der Waals surface area contributed by atoms with Gasteiger partial charge in [-0.2, -0.15) is 0 Å². The first-order valence-electron chi connectivity index (χ1n) is 5.62. The highest BCUT2D eigenvalue weighted by Crippen LogP contribution is 2.22. The number of carbonyl (C=O) groups excluding carboxylic acids is 2. The first kappa shape index (κ1) is 13.4. The summed E-state index contributed by atoms with van der Waals surface area (Å²) in [5.41, 5.74) is 2.29. The van der Waals surface area contributed by atoms with E-state index >= 15 is 0 Å². The average molecular weight is 277 g/mol. The van der Waals surface area contributed by atoms with Crippen LogP contribution in [0.1, 0.15) is 21.7 Å². The standard InChI is InChI=1S/C14H12ClNO3/c1-8-7-12(13(17)14(18)19)9(2)16(8)11-5-3-10(15)4-6-11/h3-7H,1-2H3,(H,18,19)/p-1. The summed E-state index contributed by atoms with van der Waals surface area (Å²) in [5.74, 6) is -2.70. The lowest BCUT2D eigenvalue weighted by Gasteiger charge is -2.10. The largest absolute Gasteiger partial charge is 0.541 e. The molecule has 0 fully saturated rings. The first-order valence-corrected chi connectivity index (χ1v) is 6.00. The van der Waals surface area contributed by atoms with Crippen molar-refractivity contribution < 1.29 is 14.7 Å². The predicted molar refractivity (Wildman–Crippen MR) is 69.6 cm³/mol. The molecule has 0 unspecified atom stereocenters. The second kappa shape index (κ2) is 4.90. The van der Waals surface area contributed by atoms with E-state index in [0.717, 1.165) is 11.4 Å². The molecule has 1 heterocycles. The number of carboxylic acid groups (broad SMARTS) is 1. The topological polar surface area (TPSA) is 62.1 Å². The van der Waals surface area contributed by atoms with Crippen molar-refractivity contribution >= 4 is 23.4 Å². The molecule has 1 aromatic heterocycles. The van der Waals surface area contributed by atoms with Crippen molar-refractivity contribution in [2.75, 3.05) is 0 Å². The number of aromatic nitrogens is 1. The molecule has 2 rings (SSSR count). The summed E-state index contributed by atoms with van der Waals surface area (Å²) in [7, 11) is 0. The second-order valence-corrected chi connectivity index (χ2v) is 4.65. The van der Waals surface area contributed by atoms with Gasteiger partial charge in [-0.1, -0.05) is 11.6 Å². The van der Waals surface area contributed by atoms with Crippen molar-refractivity contribution in [3.05, 3.63) is 52.3 Å². The fraction of sp³-hybridized carbons (Fsp3) is 0.143. The zero-order valence-electron chi connectivity index (χ0n) is 10.4. The Hall–Kier alpha value is -2.07. The number of hydrogen-bond donors (Lipinski definition) is 0. The van der Waals surface area contributed by atoms with Gasteiger partial charge < -0.3 is 14.5 Å². The number of ketones is 1. The molecule has 0 amide bonds. The van der Waals surface area contributed by atoms with Crippen molar-refractivity contribution in [2.24, 2.45) is 0 Å². The number of hydrogen-bond acceptors (Lipinski definition) is 3. The number of carboxylic acids is 1. The van der Waals surface area contributed by atoms with Gasteiger partial charge in [0.25, 0.3) is 0 Å². The molecule has 0 radical (unpaired) electrons. The Morgan fingerprint density at radius 1 is 1.16 bits per heavy atom. The summed E-state index contributed by atoms with van der Waals surface area (Å²) in [4.78, 5) is 22.2. The number of aliphatic carboxylic acids is 1. The molecule has 0 aliphatic carbocycles. The van der Waals surface area contributed by atoms with Crippen LogP contribution in [0.15, 0.2) is 30.3 Å². The summed E-state index contributed by atoms with van der Waals surface area (Å²) in [6.07, 6.45) is 0. The molecule has 0 saturated heterocycles. The summed E-state index contributed by atoms with van der Waals surface area (Å²) >= 11 is 5.83. The van der Waals surface area contributed by atoms with E-state index in [4.69, 9.17) is 11.6 Å². The predicted octanol–water partition coefficient (Wildman–Crippen LogP) is 1.68. The Morgan fingerprint density at radius 3 is 2.26 bits per heavy atom. The van der Waals surface area contributed by atoms with Crippen LogP contribution in [0.3, 0.4) is 0 Å². The molecule has 98 valence electrons. The number of Topliss-reactive ketones (excluding diaryl/α,β-unsaturated/α-hetero) is 1. The summed E-state index contributed by atoms with van der Waals surface area (Å²) < 4.78 is 1.80. The Kier molecular flexibility index (Phi) is 3.44. The van der Waals surface area contributed by atoms with Crippen molar-refractivity contribution in [3.63, 3.8) is 0 Å². The lowest BCUT2D eigenvalue weighted by Crippen LogP contribution is -2.31. The fourth-order valence-electron chi connectivity index (χ4n) is 2.09. The van der Waals surface area contributed by atoms with Gasteiger partial charge >= 0.3 is 0 Å². The van der Waals surface area contributed by atoms with Crippen LogP contribution in [0.4, 0.5) is 0 Å². The van der Waals surface area contributed by atoms with Crippen LogP contribution in [-0.2, 0) is 4.79 Å². The molecule has 5 heteroatoms. The molecule has 0 bridgehead atoms. The summed E-state index contributed by atoms with van der Waals surface area (Å²) in [6, 6.07) is 8.61. The Balaban J connectivity index is 2.57. The zero-order valence-corrected chi connectivity index (χ0v) is 11.2. The van der Waals surface area contributed by atoms with Crippen LogP contribution in [0, 0.1) is 13.8 Å². The molecule has 19 heavy (non-hydrogen) atoms. The lowest BCUT2D eigenvalue weighted by atomic mass is 10.1.